The lowest BCUT2D eigenvalue weighted by Crippen LogP contribution is -2.34. The number of aliphatic hydroxyl groups is 1. The van der Waals surface area contributed by atoms with Gasteiger partial charge >= 0.3 is 0 Å². The van der Waals surface area contributed by atoms with Gasteiger partial charge in [-0.3, -0.25) is 0 Å². The average molecular weight is 207 g/mol. The number of hydrogen-bond donors (Lipinski definition) is 2. The number of hydrogen-bond acceptors (Lipinski definition) is 3. The molecule has 0 bridgehead atoms. The highest BCUT2D eigenvalue weighted by molar-refractivity contribution is 5.37. The topological polar surface area (TPSA) is 41.5 Å². The number of nitrogens with one attached hydrogen (secondary N) is 1. The molecule has 3 nitrogen and oxygen atoms in total. The minimum Gasteiger partial charge on any atom is -0.488 e. The molecule has 0 radical (unpaired) electrons. The summed E-state index contributed by atoms with van der Waals surface area (Å²) in [7, 11) is 0. The molecule has 3 heteroatoms. The van der Waals surface area contributed by atoms with E-state index in [4.69, 9.17) is 9.84 Å². The van der Waals surface area contributed by atoms with Crippen LogP contribution in [0.2, 0.25) is 0 Å². The molecule has 1 heterocycles. The average Bonchev–Trinajstić information content (AvgIpc) is 2.29. The molecule has 1 aromatic carbocycles. The van der Waals surface area contributed by atoms with E-state index in [0.29, 0.717) is 6.04 Å². The molecule has 0 saturated carbocycles. The smallest absolute Gasteiger partial charge is 0.124 e. The molecule has 82 valence electrons. The summed E-state index contributed by atoms with van der Waals surface area (Å²) in [6.07, 6.45) is 0.755. The molecule has 0 saturated heterocycles. The lowest BCUT2D eigenvalue weighted by atomic mass is 9.97. The van der Waals surface area contributed by atoms with Crippen LogP contribution in [-0.4, -0.2) is 24.4 Å². The molecule has 0 aromatic heterocycles. The standard InChI is InChI=1S/C12H17NO2/c1-2-13-11-7-9(8-14)15-12-6-4-3-5-10(11)12/h3-6,9,11,13-14H,2,7-8H2,1H3. The highest BCUT2D eigenvalue weighted by Gasteiger charge is 2.26. The fourth-order valence-corrected chi connectivity index (χ4v) is 2.04. The third-order valence-electron chi connectivity index (χ3n) is 2.74. The van der Waals surface area contributed by atoms with Gasteiger partial charge in [-0.05, 0) is 12.6 Å². The maximum absolute atomic E-state index is 9.15. The zero-order chi connectivity index (χ0) is 10.7. The maximum Gasteiger partial charge on any atom is 0.124 e. The number of benzene rings is 1. The number of ether oxygens (including phenoxy) is 1. The van der Waals surface area contributed by atoms with Crippen molar-refractivity contribution in [2.75, 3.05) is 13.2 Å². The van der Waals surface area contributed by atoms with Gasteiger partial charge in [-0.15, -0.1) is 0 Å². The molecule has 0 amide bonds. The molecule has 0 fully saturated rings. The third kappa shape index (κ3) is 2.13. The molecule has 2 N–H and O–H groups in total. The van der Waals surface area contributed by atoms with Crippen molar-refractivity contribution in [2.45, 2.75) is 25.5 Å². The monoisotopic (exact) mass is 207 g/mol. The van der Waals surface area contributed by atoms with Crippen LogP contribution in [0.25, 0.3) is 0 Å². The Morgan fingerprint density at radius 2 is 2.27 bits per heavy atom. The lowest BCUT2D eigenvalue weighted by Gasteiger charge is -2.31. The van der Waals surface area contributed by atoms with E-state index in [2.05, 4.69) is 18.3 Å². The van der Waals surface area contributed by atoms with E-state index >= 15 is 0 Å². The zero-order valence-electron chi connectivity index (χ0n) is 8.94. The van der Waals surface area contributed by atoms with Crippen LogP contribution >= 0.6 is 0 Å². The van der Waals surface area contributed by atoms with Crippen LogP contribution in [0.15, 0.2) is 24.3 Å². The normalized spacial score (nSPS) is 24.4. The first-order valence-electron chi connectivity index (χ1n) is 5.45. The van der Waals surface area contributed by atoms with Crippen LogP contribution in [0.1, 0.15) is 24.9 Å². The maximum atomic E-state index is 9.15. The van der Waals surface area contributed by atoms with E-state index in [1.807, 2.05) is 18.2 Å². The number of rotatable bonds is 3. The second kappa shape index (κ2) is 4.64. The summed E-state index contributed by atoms with van der Waals surface area (Å²) in [5.74, 6) is 0.897. The van der Waals surface area contributed by atoms with E-state index in [0.717, 1.165) is 18.7 Å². The van der Waals surface area contributed by atoms with E-state index in [1.54, 1.807) is 0 Å². The number of aliphatic hydroxyl groups excluding tert-OH is 1. The van der Waals surface area contributed by atoms with Crippen LogP contribution in [0.4, 0.5) is 0 Å². The Balaban J connectivity index is 2.25. The van der Waals surface area contributed by atoms with Crippen molar-refractivity contribution in [3.63, 3.8) is 0 Å². The van der Waals surface area contributed by atoms with Crippen LogP contribution in [0.5, 0.6) is 5.75 Å². The molecule has 1 aliphatic heterocycles. The van der Waals surface area contributed by atoms with E-state index in [-0.39, 0.29) is 12.7 Å². The Kier molecular flexibility index (Phi) is 3.23. The first kappa shape index (κ1) is 10.5. The summed E-state index contributed by atoms with van der Waals surface area (Å²) in [5.41, 5.74) is 1.20. The molecule has 0 aliphatic carbocycles. The summed E-state index contributed by atoms with van der Waals surface area (Å²) in [5, 5.41) is 12.6. The second-order valence-electron chi connectivity index (χ2n) is 3.81. The number of fused-ring (bicyclic) bond motifs is 1. The van der Waals surface area contributed by atoms with Crippen LogP contribution in [0, 0.1) is 0 Å². The van der Waals surface area contributed by atoms with Crippen molar-refractivity contribution < 1.29 is 9.84 Å². The van der Waals surface area contributed by atoms with E-state index in [9.17, 15) is 0 Å². The lowest BCUT2D eigenvalue weighted by molar-refractivity contribution is 0.0837. The van der Waals surface area contributed by atoms with Gasteiger partial charge in [-0.1, -0.05) is 25.1 Å². The summed E-state index contributed by atoms with van der Waals surface area (Å²) in [4.78, 5) is 0. The van der Waals surface area contributed by atoms with Gasteiger partial charge in [-0.2, -0.15) is 0 Å². The van der Waals surface area contributed by atoms with Crippen molar-refractivity contribution in [1.29, 1.82) is 0 Å². The highest BCUT2D eigenvalue weighted by atomic mass is 16.5. The summed E-state index contributed by atoms with van der Waals surface area (Å²) < 4.78 is 5.67. The quantitative estimate of drug-likeness (QED) is 0.789. The van der Waals surface area contributed by atoms with Gasteiger partial charge in [0, 0.05) is 18.0 Å². The SMILES string of the molecule is CCNC1CC(CO)Oc2ccccc21. The van der Waals surface area contributed by atoms with Crippen molar-refractivity contribution in [3.05, 3.63) is 29.8 Å². The van der Waals surface area contributed by atoms with Gasteiger partial charge in [0.25, 0.3) is 0 Å². The van der Waals surface area contributed by atoms with Crippen LogP contribution in [0.3, 0.4) is 0 Å². The predicted molar refractivity (Wildman–Crippen MR) is 59.0 cm³/mol. The number of para-hydroxylation sites is 1. The van der Waals surface area contributed by atoms with Crippen LogP contribution < -0.4 is 10.1 Å². The fourth-order valence-electron chi connectivity index (χ4n) is 2.04. The van der Waals surface area contributed by atoms with Crippen molar-refractivity contribution >= 4 is 0 Å². The van der Waals surface area contributed by atoms with Gasteiger partial charge in [0.2, 0.25) is 0 Å². The molecule has 2 unspecified atom stereocenters. The molecule has 15 heavy (non-hydrogen) atoms. The fraction of sp³-hybridized carbons (Fsp3) is 0.500. The van der Waals surface area contributed by atoms with Crippen molar-refractivity contribution in [2.24, 2.45) is 0 Å². The molecular weight excluding hydrogens is 190 g/mol. The molecular formula is C12H17NO2. The molecule has 1 aromatic rings. The second-order valence-corrected chi connectivity index (χ2v) is 3.81. The minimum atomic E-state index is -0.0797. The first-order chi connectivity index (χ1) is 7.35. The van der Waals surface area contributed by atoms with Gasteiger partial charge in [0.05, 0.1) is 6.61 Å². The first-order valence-corrected chi connectivity index (χ1v) is 5.45. The minimum absolute atomic E-state index is 0.0796. The zero-order valence-corrected chi connectivity index (χ0v) is 8.94. The Labute approximate surface area is 90.1 Å². The summed E-state index contributed by atoms with van der Waals surface area (Å²) >= 11 is 0. The third-order valence-corrected chi connectivity index (χ3v) is 2.74. The Morgan fingerprint density at radius 3 is 3.00 bits per heavy atom. The van der Waals surface area contributed by atoms with E-state index < -0.39 is 0 Å². The molecule has 1 aliphatic rings. The van der Waals surface area contributed by atoms with Gasteiger partial charge in [-0.25, -0.2) is 0 Å². The highest BCUT2D eigenvalue weighted by Crippen LogP contribution is 2.34. The predicted octanol–water partition coefficient (Wildman–Crippen LogP) is 1.48. The Bertz CT molecular complexity index is 327. The van der Waals surface area contributed by atoms with Gasteiger partial charge < -0.3 is 15.2 Å². The Hall–Kier alpha value is -1.06. The summed E-state index contributed by atoms with van der Waals surface area (Å²) in [6.45, 7) is 3.10. The van der Waals surface area contributed by atoms with Gasteiger partial charge in [0.1, 0.15) is 11.9 Å². The van der Waals surface area contributed by atoms with Crippen LogP contribution in [-0.2, 0) is 0 Å². The van der Waals surface area contributed by atoms with Gasteiger partial charge in [0.15, 0.2) is 0 Å². The molecule has 2 rings (SSSR count). The molecule has 2 atom stereocenters. The Morgan fingerprint density at radius 1 is 1.47 bits per heavy atom. The van der Waals surface area contributed by atoms with Crippen molar-refractivity contribution in [1.82, 2.24) is 5.32 Å². The van der Waals surface area contributed by atoms with E-state index in [1.165, 1.54) is 5.56 Å². The molecule has 0 spiro atoms. The van der Waals surface area contributed by atoms with Crippen molar-refractivity contribution in [3.8, 4) is 5.75 Å². The summed E-state index contributed by atoms with van der Waals surface area (Å²) in [6, 6.07) is 8.32. The largest absolute Gasteiger partial charge is 0.488 e.